The number of nitrogens with zero attached hydrogens (tertiary/aromatic N) is 2. The van der Waals surface area contributed by atoms with Crippen LogP contribution in [0.15, 0.2) is 121 Å². The lowest BCUT2D eigenvalue weighted by molar-refractivity contribution is -0.0356. The van der Waals surface area contributed by atoms with Crippen LogP contribution < -0.4 is 10.9 Å². The van der Waals surface area contributed by atoms with E-state index >= 15 is 0 Å². The fraction of sp³-hybridized carbons (Fsp3) is 0.194. The third-order valence-corrected chi connectivity index (χ3v) is 6.84. The minimum absolute atomic E-state index is 0.349. The summed E-state index contributed by atoms with van der Waals surface area (Å²) in [6.45, 7) is 0. The van der Waals surface area contributed by atoms with Crippen molar-refractivity contribution in [1.82, 2.24) is 10.0 Å². The van der Waals surface area contributed by atoms with Crippen LogP contribution in [0.3, 0.4) is 0 Å². The standard InChI is InChI=1S/C31H32N4O3/c36-29-27(21-23-13-5-1-6-14-23)34(32-25-17-9-3-10-18-25)31(38)35(33-26-19-11-4-12-20-26)28(30(29)37)22-24-15-7-2-8-16-24/h1-20,27-30,32-33,36-37H,21-22H2/t27-,28-,29+,30+/m1/s1. The summed E-state index contributed by atoms with van der Waals surface area (Å²) in [5, 5.41) is 26.2. The Balaban J connectivity index is 1.57. The summed E-state index contributed by atoms with van der Waals surface area (Å²) in [5.41, 5.74) is 9.73. The van der Waals surface area contributed by atoms with E-state index in [4.69, 9.17) is 0 Å². The molecule has 0 spiro atoms. The molecule has 1 heterocycles. The molecule has 4 aromatic rings. The Labute approximate surface area is 222 Å². The third kappa shape index (κ3) is 5.80. The lowest BCUT2D eigenvalue weighted by Gasteiger charge is -2.36. The fourth-order valence-electron chi connectivity index (χ4n) is 4.86. The van der Waals surface area contributed by atoms with Gasteiger partial charge in [-0.05, 0) is 48.2 Å². The molecule has 1 saturated heterocycles. The maximum atomic E-state index is 14.4. The Kier molecular flexibility index (Phi) is 7.87. The molecule has 4 aromatic carbocycles. The highest BCUT2D eigenvalue weighted by molar-refractivity contribution is 5.79. The first kappa shape index (κ1) is 25.3. The summed E-state index contributed by atoms with van der Waals surface area (Å²) < 4.78 is 0. The van der Waals surface area contributed by atoms with E-state index in [2.05, 4.69) is 10.9 Å². The van der Waals surface area contributed by atoms with Crippen molar-refractivity contribution in [2.45, 2.75) is 37.1 Å². The summed E-state index contributed by atoms with van der Waals surface area (Å²) >= 11 is 0. The molecule has 0 aromatic heterocycles. The van der Waals surface area contributed by atoms with Gasteiger partial charge in [-0.15, -0.1) is 0 Å². The Morgan fingerprint density at radius 3 is 1.18 bits per heavy atom. The molecule has 0 saturated carbocycles. The zero-order valence-electron chi connectivity index (χ0n) is 21.0. The Bertz CT molecular complexity index is 1190. The Morgan fingerprint density at radius 1 is 0.526 bits per heavy atom. The van der Waals surface area contributed by atoms with Gasteiger partial charge in [-0.2, -0.15) is 0 Å². The minimum Gasteiger partial charge on any atom is -0.388 e. The molecule has 1 aliphatic heterocycles. The number of rotatable bonds is 8. The van der Waals surface area contributed by atoms with Crippen LogP contribution in [0.4, 0.5) is 16.2 Å². The number of aliphatic hydroxyl groups excluding tert-OH is 2. The van der Waals surface area contributed by atoms with Gasteiger partial charge in [0.15, 0.2) is 0 Å². The quantitative estimate of drug-likeness (QED) is 0.277. The van der Waals surface area contributed by atoms with Gasteiger partial charge in [0, 0.05) is 0 Å². The van der Waals surface area contributed by atoms with Gasteiger partial charge in [0.2, 0.25) is 0 Å². The molecule has 4 atom stereocenters. The van der Waals surface area contributed by atoms with Gasteiger partial charge >= 0.3 is 6.03 Å². The number of urea groups is 1. The lowest BCUT2D eigenvalue weighted by Crippen LogP contribution is -2.55. The van der Waals surface area contributed by atoms with Gasteiger partial charge in [-0.3, -0.25) is 10.9 Å². The van der Waals surface area contributed by atoms with E-state index in [0.717, 1.165) is 11.1 Å². The Hall–Kier alpha value is -4.33. The van der Waals surface area contributed by atoms with Crippen molar-refractivity contribution in [1.29, 1.82) is 0 Å². The highest BCUT2D eigenvalue weighted by atomic mass is 16.3. The van der Waals surface area contributed by atoms with Crippen LogP contribution >= 0.6 is 0 Å². The van der Waals surface area contributed by atoms with Crippen LogP contribution in [-0.2, 0) is 12.8 Å². The van der Waals surface area contributed by atoms with Crippen LogP contribution in [0.25, 0.3) is 0 Å². The summed E-state index contributed by atoms with van der Waals surface area (Å²) in [6.07, 6.45) is -1.76. The van der Waals surface area contributed by atoms with Gasteiger partial charge in [-0.1, -0.05) is 97.1 Å². The van der Waals surface area contributed by atoms with E-state index in [1.54, 1.807) is 0 Å². The number of hydrogen-bond donors (Lipinski definition) is 4. The second-order valence-corrected chi connectivity index (χ2v) is 9.47. The highest BCUT2D eigenvalue weighted by Gasteiger charge is 2.47. The monoisotopic (exact) mass is 508 g/mol. The van der Waals surface area contributed by atoms with E-state index < -0.39 is 30.3 Å². The van der Waals surface area contributed by atoms with Crippen molar-refractivity contribution in [3.05, 3.63) is 132 Å². The van der Waals surface area contributed by atoms with Gasteiger partial charge in [0.1, 0.15) is 12.2 Å². The number of carbonyl (C=O) groups is 1. The largest absolute Gasteiger partial charge is 0.388 e. The van der Waals surface area contributed by atoms with Crippen molar-refractivity contribution in [2.24, 2.45) is 0 Å². The van der Waals surface area contributed by atoms with Crippen LogP contribution in [0.5, 0.6) is 0 Å². The Morgan fingerprint density at radius 2 is 0.842 bits per heavy atom. The maximum Gasteiger partial charge on any atom is 0.357 e. The molecular weight excluding hydrogens is 476 g/mol. The average Bonchev–Trinajstić information content (AvgIpc) is 3.03. The average molecular weight is 509 g/mol. The number of benzene rings is 4. The number of aliphatic hydroxyl groups is 2. The predicted molar refractivity (Wildman–Crippen MR) is 149 cm³/mol. The first-order valence-electron chi connectivity index (χ1n) is 12.8. The molecule has 1 fully saturated rings. The van der Waals surface area contributed by atoms with Crippen molar-refractivity contribution >= 4 is 17.4 Å². The van der Waals surface area contributed by atoms with Gasteiger partial charge in [0.25, 0.3) is 0 Å². The number of anilines is 2. The van der Waals surface area contributed by atoms with Gasteiger partial charge in [0.05, 0.1) is 23.5 Å². The van der Waals surface area contributed by atoms with Crippen LogP contribution in [0.2, 0.25) is 0 Å². The number of nitrogens with one attached hydrogen (secondary N) is 2. The molecule has 0 aliphatic carbocycles. The molecule has 7 heteroatoms. The summed E-state index contributed by atoms with van der Waals surface area (Å²) in [6, 6.07) is 36.2. The third-order valence-electron chi connectivity index (χ3n) is 6.84. The van der Waals surface area contributed by atoms with Crippen molar-refractivity contribution in [2.75, 3.05) is 10.9 Å². The summed E-state index contributed by atoms with van der Waals surface area (Å²) in [4.78, 5) is 14.4. The molecular formula is C31H32N4O3. The number of carbonyl (C=O) groups excluding carboxylic acids is 1. The van der Waals surface area contributed by atoms with Crippen molar-refractivity contribution in [3.63, 3.8) is 0 Å². The number of hydrogen-bond acceptors (Lipinski definition) is 5. The SMILES string of the molecule is O=C1N(Nc2ccccc2)[C@H](Cc2ccccc2)[C@H](O)[C@@H](O)[C@@H](Cc2ccccc2)N1Nc1ccccc1. The first-order valence-corrected chi connectivity index (χ1v) is 12.8. The van der Waals surface area contributed by atoms with E-state index in [9.17, 15) is 15.0 Å². The fourth-order valence-corrected chi connectivity index (χ4v) is 4.86. The molecule has 0 unspecified atom stereocenters. The minimum atomic E-state index is -1.23. The number of para-hydroxylation sites is 2. The van der Waals surface area contributed by atoms with Crippen molar-refractivity contribution in [3.8, 4) is 0 Å². The second-order valence-electron chi connectivity index (χ2n) is 9.47. The lowest BCUT2D eigenvalue weighted by atomic mass is 9.92. The van der Waals surface area contributed by atoms with Gasteiger partial charge < -0.3 is 10.2 Å². The van der Waals surface area contributed by atoms with Crippen LogP contribution in [-0.4, -0.2) is 50.6 Å². The molecule has 38 heavy (non-hydrogen) atoms. The van der Waals surface area contributed by atoms with E-state index in [-0.39, 0.29) is 0 Å². The smallest absolute Gasteiger partial charge is 0.357 e. The van der Waals surface area contributed by atoms with E-state index in [1.165, 1.54) is 10.0 Å². The molecule has 7 nitrogen and oxygen atoms in total. The molecule has 194 valence electrons. The zero-order valence-corrected chi connectivity index (χ0v) is 21.0. The second kappa shape index (κ2) is 11.8. The topological polar surface area (TPSA) is 88.1 Å². The van der Waals surface area contributed by atoms with Crippen molar-refractivity contribution < 1.29 is 15.0 Å². The zero-order chi connectivity index (χ0) is 26.3. The van der Waals surface area contributed by atoms with E-state index in [0.29, 0.717) is 24.2 Å². The maximum absolute atomic E-state index is 14.4. The molecule has 4 N–H and O–H groups in total. The highest BCUT2D eigenvalue weighted by Crippen LogP contribution is 2.28. The molecule has 0 radical (unpaired) electrons. The molecule has 2 amide bonds. The molecule has 5 rings (SSSR count). The summed E-state index contributed by atoms with van der Waals surface area (Å²) in [5.74, 6) is 0. The normalized spacial score (nSPS) is 21.6. The summed E-state index contributed by atoms with van der Waals surface area (Å²) in [7, 11) is 0. The first-order chi connectivity index (χ1) is 18.6. The molecule has 1 aliphatic rings. The van der Waals surface area contributed by atoms with E-state index in [1.807, 2.05) is 121 Å². The molecule has 0 bridgehead atoms. The number of amides is 2. The number of hydrazine groups is 2. The predicted octanol–water partition coefficient (Wildman–Crippen LogP) is 4.72. The van der Waals surface area contributed by atoms with Crippen LogP contribution in [0.1, 0.15) is 11.1 Å². The van der Waals surface area contributed by atoms with Crippen LogP contribution in [0, 0.1) is 0 Å². The van der Waals surface area contributed by atoms with Gasteiger partial charge in [-0.25, -0.2) is 14.8 Å².